The highest BCUT2D eigenvalue weighted by Gasteiger charge is 2.11. The number of anilines is 1. The van der Waals surface area contributed by atoms with Crippen molar-refractivity contribution in [2.24, 2.45) is 0 Å². The molecule has 0 saturated heterocycles. The molecule has 2 heterocycles. The Balaban J connectivity index is 1.22. The summed E-state index contributed by atoms with van der Waals surface area (Å²) in [5.74, 6) is -0.0509. The number of fused-ring (bicyclic) bond motifs is 1. The van der Waals surface area contributed by atoms with E-state index >= 15 is 0 Å². The first-order chi connectivity index (χ1) is 17.6. The lowest BCUT2D eigenvalue weighted by molar-refractivity contribution is 0.102. The summed E-state index contributed by atoms with van der Waals surface area (Å²) in [4.78, 5) is 17.3. The minimum Gasteiger partial charge on any atom is -0.497 e. The minimum atomic E-state index is -0.457. The fourth-order valence-corrected chi connectivity index (χ4v) is 3.67. The lowest BCUT2D eigenvalue weighted by atomic mass is 10.1. The Kier molecular flexibility index (Phi) is 6.63. The molecule has 2 aromatic heterocycles. The van der Waals surface area contributed by atoms with E-state index in [1.54, 1.807) is 43.5 Å². The predicted octanol–water partition coefficient (Wildman–Crippen LogP) is 5.14. The number of aromatic amines is 1. The van der Waals surface area contributed by atoms with Crippen molar-refractivity contribution >= 4 is 22.8 Å². The number of rotatable bonds is 8. The standard InChI is InChI=1S/C27H22FN5O3/c1-35-22-9-5-17(6-10-22)15-36-16-20-7-8-21(14-23(20)28)29-27(34)19-4-2-3-18(13-19)24-11-12-25-26(30-24)32-33-31-25/h2-14H,15-16H2,1H3,(H,29,34)(H,30,31,32,33). The molecule has 3 aromatic carbocycles. The van der Waals surface area contributed by atoms with Gasteiger partial charge in [0.25, 0.3) is 5.91 Å². The maximum absolute atomic E-state index is 14.6. The van der Waals surface area contributed by atoms with E-state index in [-0.39, 0.29) is 12.5 Å². The van der Waals surface area contributed by atoms with Gasteiger partial charge in [0.05, 0.1) is 26.0 Å². The first-order valence-electron chi connectivity index (χ1n) is 11.2. The number of H-pyrrole nitrogens is 1. The van der Waals surface area contributed by atoms with E-state index in [0.717, 1.165) is 16.9 Å². The van der Waals surface area contributed by atoms with E-state index < -0.39 is 5.82 Å². The zero-order chi connectivity index (χ0) is 24.9. The summed E-state index contributed by atoms with van der Waals surface area (Å²) in [6, 6.07) is 22.7. The molecule has 1 amide bonds. The molecule has 0 saturated carbocycles. The van der Waals surface area contributed by atoms with Gasteiger partial charge in [0.2, 0.25) is 0 Å². The van der Waals surface area contributed by atoms with Gasteiger partial charge in [0.15, 0.2) is 5.65 Å². The average molecular weight is 484 g/mol. The number of hydrogen-bond acceptors (Lipinski definition) is 6. The monoisotopic (exact) mass is 483 g/mol. The van der Waals surface area contributed by atoms with Crippen LogP contribution < -0.4 is 10.1 Å². The van der Waals surface area contributed by atoms with Crippen molar-refractivity contribution in [3.63, 3.8) is 0 Å². The van der Waals surface area contributed by atoms with E-state index in [4.69, 9.17) is 9.47 Å². The molecule has 8 nitrogen and oxygen atoms in total. The molecule has 9 heteroatoms. The second-order valence-electron chi connectivity index (χ2n) is 8.06. The number of carbonyl (C=O) groups is 1. The first kappa shape index (κ1) is 23.1. The summed E-state index contributed by atoms with van der Waals surface area (Å²) in [5.41, 5.74) is 4.78. The number of ether oxygens (including phenoxy) is 2. The number of pyridine rings is 1. The van der Waals surface area contributed by atoms with Gasteiger partial charge >= 0.3 is 0 Å². The van der Waals surface area contributed by atoms with Gasteiger partial charge in [-0.15, -0.1) is 5.10 Å². The molecule has 0 aliphatic rings. The first-order valence-corrected chi connectivity index (χ1v) is 11.2. The summed E-state index contributed by atoms with van der Waals surface area (Å²) >= 11 is 0. The SMILES string of the molecule is COc1ccc(COCc2ccc(NC(=O)c3cccc(-c4ccc5nn[nH]c5n4)c3)cc2F)cc1. The minimum absolute atomic E-state index is 0.108. The van der Waals surface area contributed by atoms with E-state index in [9.17, 15) is 9.18 Å². The third kappa shape index (κ3) is 5.21. The quantitative estimate of drug-likeness (QED) is 0.317. The number of halogens is 1. The Hall–Kier alpha value is -4.63. The van der Waals surface area contributed by atoms with Crippen molar-refractivity contribution in [2.75, 3.05) is 12.4 Å². The van der Waals surface area contributed by atoms with Gasteiger partial charge in [0.1, 0.15) is 17.1 Å². The van der Waals surface area contributed by atoms with Crippen LogP contribution in [0.2, 0.25) is 0 Å². The lowest BCUT2D eigenvalue weighted by Crippen LogP contribution is -2.12. The third-order valence-electron chi connectivity index (χ3n) is 5.60. The van der Waals surface area contributed by atoms with Crippen LogP contribution >= 0.6 is 0 Å². The topological polar surface area (TPSA) is 102 Å². The zero-order valence-electron chi connectivity index (χ0n) is 19.4. The molecule has 180 valence electrons. The van der Waals surface area contributed by atoms with Gasteiger partial charge in [-0.05, 0) is 54.1 Å². The van der Waals surface area contributed by atoms with Crippen LogP contribution in [0.1, 0.15) is 21.5 Å². The number of nitrogens with zero attached hydrogens (tertiary/aromatic N) is 3. The summed E-state index contributed by atoms with van der Waals surface area (Å²) in [6.07, 6.45) is 0. The highest BCUT2D eigenvalue weighted by atomic mass is 19.1. The Bertz CT molecular complexity index is 1520. The van der Waals surface area contributed by atoms with Gasteiger partial charge in [0, 0.05) is 22.4 Å². The smallest absolute Gasteiger partial charge is 0.255 e. The van der Waals surface area contributed by atoms with E-state index in [1.165, 1.54) is 6.07 Å². The van der Waals surface area contributed by atoms with Crippen LogP contribution in [0.5, 0.6) is 5.75 Å². The molecule has 36 heavy (non-hydrogen) atoms. The molecule has 5 rings (SSSR count). The maximum atomic E-state index is 14.6. The molecule has 5 aromatic rings. The molecule has 0 spiro atoms. The molecule has 0 fully saturated rings. The fourth-order valence-electron chi connectivity index (χ4n) is 3.67. The van der Waals surface area contributed by atoms with Crippen molar-refractivity contribution < 1.29 is 18.7 Å². The molecule has 0 atom stereocenters. The number of nitrogens with one attached hydrogen (secondary N) is 2. The normalized spacial score (nSPS) is 10.9. The molecule has 0 aliphatic heterocycles. The summed E-state index contributed by atoms with van der Waals surface area (Å²) in [7, 11) is 1.61. The Morgan fingerprint density at radius 3 is 2.67 bits per heavy atom. The number of aromatic nitrogens is 4. The number of hydrogen-bond donors (Lipinski definition) is 2. The van der Waals surface area contributed by atoms with Crippen LogP contribution in [0.15, 0.2) is 78.9 Å². The molecular formula is C27H22FN5O3. The molecule has 0 unspecified atom stereocenters. The van der Waals surface area contributed by atoms with Crippen LogP contribution in [-0.2, 0) is 18.0 Å². The molecule has 0 bridgehead atoms. The van der Waals surface area contributed by atoms with Gasteiger partial charge in [-0.25, -0.2) is 14.5 Å². The van der Waals surface area contributed by atoms with E-state index in [1.807, 2.05) is 36.4 Å². The number of methoxy groups -OCH3 is 1. The van der Waals surface area contributed by atoms with Crippen molar-refractivity contribution in [3.8, 4) is 17.0 Å². The highest BCUT2D eigenvalue weighted by molar-refractivity contribution is 6.05. The number of amides is 1. The zero-order valence-corrected chi connectivity index (χ0v) is 19.4. The van der Waals surface area contributed by atoms with Gasteiger partial charge in [-0.3, -0.25) is 4.79 Å². The van der Waals surface area contributed by atoms with Crippen LogP contribution in [0.25, 0.3) is 22.4 Å². The number of carbonyl (C=O) groups excluding carboxylic acids is 1. The number of benzene rings is 3. The Morgan fingerprint density at radius 2 is 1.86 bits per heavy atom. The van der Waals surface area contributed by atoms with Crippen LogP contribution in [0, 0.1) is 5.82 Å². The third-order valence-corrected chi connectivity index (χ3v) is 5.60. The van der Waals surface area contributed by atoms with Gasteiger partial charge in [-0.1, -0.05) is 35.5 Å². The maximum Gasteiger partial charge on any atom is 0.255 e. The molecular weight excluding hydrogens is 461 g/mol. The highest BCUT2D eigenvalue weighted by Crippen LogP contribution is 2.22. The van der Waals surface area contributed by atoms with Crippen molar-refractivity contribution in [2.45, 2.75) is 13.2 Å². The largest absolute Gasteiger partial charge is 0.497 e. The van der Waals surface area contributed by atoms with E-state index in [2.05, 4.69) is 25.7 Å². The lowest BCUT2D eigenvalue weighted by Gasteiger charge is -2.10. The van der Waals surface area contributed by atoms with Crippen LogP contribution in [0.3, 0.4) is 0 Å². The van der Waals surface area contributed by atoms with Crippen molar-refractivity contribution in [1.82, 2.24) is 20.4 Å². The second kappa shape index (κ2) is 10.3. The summed E-state index contributed by atoms with van der Waals surface area (Å²) in [5, 5.41) is 13.1. The molecule has 0 radical (unpaired) electrons. The average Bonchev–Trinajstić information content (AvgIpc) is 3.38. The fraction of sp³-hybridized carbons (Fsp3) is 0.111. The second-order valence-corrected chi connectivity index (χ2v) is 8.06. The molecule has 2 N–H and O–H groups in total. The molecule has 0 aliphatic carbocycles. The van der Waals surface area contributed by atoms with Gasteiger partial charge < -0.3 is 14.8 Å². The Morgan fingerprint density at radius 1 is 1.00 bits per heavy atom. The Labute approximate surface area is 206 Å². The summed E-state index contributed by atoms with van der Waals surface area (Å²) < 4.78 is 25.4. The predicted molar refractivity (Wildman–Crippen MR) is 133 cm³/mol. The summed E-state index contributed by atoms with van der Waals surface area (Å²) in [6.45, 7) is 0.453. The van der Waals surface area contributed by atoms with Crippen LogP contribution in [-0.4, -0.2) is 33.4 Å². The van der Waals surface area contributed by atoms with Crippen LogP contribution in [0.4, 0.5) is 10.1 Å². The van der Waals surface area contributed by atoms with Crippen molar-refractivity contribution in [1.29, 1.82) is 0 Å². The van der Waals surface area contributed by atoms with Gasteiger partial charge in [-0.2, -0.15) is 0 Å². The van der Waals surface area contributed by atoms with E-state index in [0.29, 0.717) is 40.3 Å². The van der Waals surface area contributed by atoms with Crippen molar-refractivity contribution in [3.05, 3.63) is 101 Å².